The molecule has 1 aliphatic rings. The first-order valence-corrected chi connectivity index (χ1v) is 23.5. The van der Waals surface area contributed by atoms with E-state index < -0.39 is 49.3 Å². The Kier molecular flexibility index (Phi) is 24.6. The van der Waals surface area contributed by atoms with Gasteiger partial charge in [0, 0.05) is 29.3 Å². The van der Waals surface area contributed by atoms with E-state index in [1.54, 1.807) is 0 Å². The van der Waals surface area contributed by atoms with Crippen LogP contribution in [0, 0.1) is 30.3 Å². The molecular weight excluding hydrogens is 779 g/mol. The number of nitrogens with zero attached hydrogens (tertiary/aromatic N) is 3. The smallest absolute Gasteiger partial charge is 0.346 e. The van der Waals surface area contributed by atoms with Gasteiger partial charge < -0.3 is 9.47 Å². The fourth-order valence-corrected chi connectivity index (χ4v) is 8.18. The number of carbonyl (C=O) groups excluding carboxylic acids is 2. The molecule has 0 aromatic heterocycles. The molecular formula is C48H71N3O10. The highest BCUT2D eigenvalue weighted by atomic mass is 16.6. The van der Waals surface area contributed by atoms with Crippen LogP contribution in [0.2, 0.25) is 0 Å². The number of carbonyl (C=O) groups is 2. The summed E-state index contributed by atoms with van der Waals surface area (Å²) in [6.45, 7) is 4.44. The standard InChI is InChI=1S/C48H71N3O10/c1-3-5-7-9-11-13-15-17-19-21-23-25-27-29-33-60-47(52)46(48(53)61-34-30-28-26-24-22-20-18-16-14-12-10-8-6-4-2)45-41-35-38(49(54)55)31-32-40(41)44-42(45)36-39(50(56)57)37-43(44)51(58)59/h31-32,35-37H,3-30,33-34H2,1-2H3. The summed E-state index contributed by atoms with van der Waals surface area (Å²) in [5.41, 5.74) is -2.65. The second-order valence-corrected chi connectivity index (χ2v) is 16.6. The fourth-order valence-electron chi connectivity index (χ4n) is 8.18. The third-order valence-corrected chi connectivity index (χ3v) is 11.7. The van der Waals surface area contributed by atoms with Crippen LogP contribution in [0.25, 0.3) is 16.7 Å². The largest absolute Gasteiger partial charge is 0.462 e. The van der Waals surface area contributed by atoms with Crippen molar-refractivity contribution in [1.82, 2.24) is 0 Å². The highest BCUT2D eigenvalue weighted by Crippen LogP contribution is 2.52. The molecule has 0 unspecified atom stereocenters. The van der Waals surface area contributed by atoms with Crippen LogP contribution in [0.4, 0.5) is 17.1 Å². The molecule has 2 aromatic rings. The van der Waals surface area contributed by atoms with Crippen LogP contribution in [0.15, 0.2) is 35.9 Å². The molecule has 0 spiro atoms. The van der Waals surface area contributed by atoms with Gasteiger partial charge in [0.15, 0.2) is 5.57 Å². The molecule has 0 aliphatic heterocycles. The van der Waals surface area contributed by atoms with E-state index in [4.69, 9.17) is 9.47 Å². The lowest BCUT2D eigenvalue weighted by atomic mass is 9.96. The molecule has 1 aliphatic carbocycles. The maximum absolute atomic E-state index is 14.0. The van der Waals surface area contributed by atoms with E-state index in [0.29, 0.717) is 12.8 Å². The Bertz CT molecular complexity index is 1690. The summed E-state index contributed by atoms with van der Waals surface area (Å²) < 4.78 is 11.3. The van der Waals surface area contributed by atoms with E-state index in [9.17, 15) is 39.9 Å². The number of non-ortho nitro benzene ring substituents is 2. The predicted molar refractivity (Wildman–Crippen MR) is 240 cm³/mol. The number of esters is 2. The topological polar surface area (TPSA) is 182 Å². The first-order valence-electron chi connectivity index (χ1n) is 23.5. The molecule has 0 N–H and O–H groups in total. The Morgan fingerprint density at radius 2 is 0.803 bits per heavy atom. The Morgan fingerprint density at radius 3 is 1.16 bits per heavy atom. The number of fused-ring (bicyclic) bond motifs is 3. The molecule has 0 radical (unpaired) electrons. The second-order valence-electron chi connectivity index (χ2n) is 16.6. The van der Waals surface area contributed by atoms with Crippen LogP contribution in [-0.4, -0.2) is 39.9 Å². The number of hydrogen-bond acceptors (Lipinski definition) is 10. The summed E-state index contributed by atoms with van der Waals surface area (Å²) in [6.07, 6.45) is 32.1. The lowest BCUT2D eigenvalue weighted by Crippen LogP contribution is -2.21. The minimum atomic E-state index is -1.06. The van der Waals surface area contributed by atoms with Gasteiger partial charge in [0.1, 0.15) is 0 Å². The Balaban J connectivity index is 1.68. The molecule has 0 saturated heterocycles. The zero-order valence-corrected chi connectivity index (χ0v) is 37.0. The summed E-state index contributed by atoms with van der Waals surface area (Å²) in [5, 5.41) is 36.1. The fraction of sp³-hybridized carbons (Fsp3) is 0.667. The average Bonchev–Trinajstić information content (AvgIpc) is 3.56. The first kappa shape index (κ1) is 50.7. The molecule has 61 heavy (non-hydrogen) atoms. The highest BCUT2D eigenvalue weighted by molar-refractivity contribution is 6.25. The van der Waals surface area contributed by atoms with Gasteiger partial charge in [-0.1, -0.05) is 181 Å². The first-order chi connectivity index (χ1) is 29.6. The third kappa shape index (κ3) is 17.7. The minimum absolute atomic E-state index is 0.0103. The van der Waals surface area contributed by atoms with Crippen molar-refractivity contribution in [2.45, 2.75) is 194 Å². The summed E-state index contributed by atoms with van der Waals surface area (Å²) in [4.78, 5) is 61.8. The van der Waals surface area contributed by atoms with Gasteiger partial charge in [0.2, 0.25) is 0 Å². The number of benzene rings is 2. The van der Waals surface area contributed by atoms with E-state index in [1.165, 1.54) is 122 Å². The predicted octanol–water partition coefficient (Wildman–Crippen LogP) is 14.2. The van der Waals surface area contributed by atoms with Crippen molar-refractivity contribution in [3.8, 4) is 11.1 Å². The van der Waals surface area contributed by atoms with Gasteiger partial charge in [-0.2, -0.15) is 0 Å². The molecule has 0 amide bonds. The molecule has 0 heterocycles. The van der Waals surface area contributed by atoms with Crippen molar-refractivity contribution in [1.29, 1.82) is 0 Å². The maximum Gasteiger partial charge on any atom is 0.346 e. The van der Waals surface area contributed by atoms with Crippen molar-refractivity contribution < 1.29 is 33.8 Å². The van der Waals surface area contributed by atoms with Crippen LogP contribution >= 0.6 is 0 Å². The van der Waals surface area contributed by atoms with E-state index in [1.807, 2.05) is 0 Å². The van der Waals surface area contributed by atoms with Crippen molar-refractivity contribution in [3.05, 3.63) is 77.4 Å². The molecule has 13 nitrogen and oxygen atoms in total. The molecule has 13 heteroatoms. The minimum Gasteiger partial charge on any atom is -0.462 e. The molecule has 338 valence electrons. The van der Waals surface area contributed by atoms with Crippen molar-refractivity contribution >= 4 is 34.6 Å². The summed E-state index contributed by atoms with van der Waals surface area (Å²) in [5.74, 6) is -2.12. The number of nitro groups is 3. The molecule has 0 bridgehead atoms. The number of ether oxygens (including phenoxy) is 2. The summed E-state index contributed by atoms with van der Waals surface area (Å²) >= 11 is 0. The van der Waals surface area contributed by atoms with Crippen LogP contribution < -0.4 is 0 Å². The second kappa shape index (κ2) is 29.6. The van der Waals surface area contributed by atoms with Gasteiger partial charge in [0.05, 0.1) is 39.6 Å². The van der Waals surface area contributed by atoms with Gasteiger partial charge in [-0.15, -0.1) is 0 Å². The maximum atomic E-state index is 14.0. The van der Waals surface area contributed by atoms with Crippen LogP contribution in [-0.2, 0) is 19.1 Å². The number of nitro benzene ring substituents is 3. The molecule has 3 rings (SSSR count). The van der Waals surface area contributed by atoms with Crippen LogP contribution in [0.3, 0.4) is 0 Å². The van der Waals surface area contributed by atoms with Gasteiger partial charge in [-0.25, -0.2) is 9.59 Å². The Labute approximate surface area is 362 Å². The summed E-state index contributed by atoms with van der Waals surface area (Å²) in [6, 6.07) is 5.40. The normalized spacial score (nSPS) is 11.6. The monoisotopic (exact) mass is 850 g/mol. The van der Waals surface area contributed by atoms with E-state index in [2.05, 4.69) is 13.8 Å². The van der Waals surface area contributed by atoms with Gasteiger partial charge >= 0.3 is 11.9 Å². The SMILES string of the molecule is CCCCCCCCCCCCCCCCOC(=O)C(C(=O)OCCCCCCCCCCCCCCCC)=C1c2cc([N+](=O)[O-])ccc2-c2c1cc([N+](=O)[O-])cc2[N+](=O)[O-]. The van der Waals surface area contributed by atoms with Gasteiger partial charge in [-0.3, -0.25) is 30.3 Å². The zero-order valence-electron chi connectivity index (χ0n) is 37.0. The number of unbranched alkanes of at least 4 members (excludes halogenated alkanes) is 26. The van der Waals surface area contributed by atoms with E-state index >= 15 is 0 Å². The summed E-state index contributed by atoms with van der Waals surface area (Å²) in [7, 11) is 0. The Hall–Kier alpha value is -4.68. The molecule has 0 saturated carbocycles. The average molecular weight is 850 g/mol. The Morgan fingerprint density at radius 1 is 0.443 bits per heavy atom. The highest BCUT2D eigenvalue weighted by Gasteiger charge is 2.40. The van der Waals surface area contributed by atoms with Crippen molar-refractivity contribution in [3.63, 3.8) is 0 Å². The van der Waals surface area contributed by atoms with Gasteiger partial charge in [0.25, 0.3) is 17.1 Å². The van der Waals surface area contributed by atoms with Gasteiger partial charge in [-0.05, 0) is 30.0 Å². The molecule has 0 atom stereocenters. The van der Waals surface area contributed by atoms with E-state index in [-0.39, 0.29) is 41.0 Å². The lowest BCUT2D eigenvalue weighted by Gasteiger charge is -2.13. The zero-order chi connectivity index (χ0) is 44.2. The number of hydrogen-bond donors (Lipinski definition) is 0. The quantitative estimate of drug-likeness (QED) is 0.0105. The van der Waals surface area contributed by atoms with E-state index in [0.717, 1.165) is 75.6 Å². The molecule has 0 fully saturated rings. The van der Waals surface area contributed by atoms with Crippen molar-refractivity contribution in [2.24, 2.45) is 0 Å². The number of rotatable bonds is 35. The molecule has 2 aromatic carbocycles. The lowest BCUT2D eigenvalue weighted by molar-refractivity contribution is -0.393. The van der Waals surface area contributed by atoms with Crippen LogP contribution in [0.1, 0.15) is 205 Å². The third-order valence-electron chi connectivity index (χ3n) is 11.7. The van der Waals surface area contributed by atoms with Crippen LogP contribution in [0.5, 0.6) is 0 Å². The van der Waals surface area contributed by atoms with Crippen molar-refractivity contribution in [2.75, 3.05) is 13.2 Å².